The fourth-order valence-electron chi connectivity index (χ4n) is 3.44. The van der Waals surface area contributed by atoms with Gasteiger partial charge in [-0.05, 0) is 48.7 Å². The van der Waals surface area contributed by atoms with E-state index in [4.69, 9.17) is 21.1 Å². The second kappa shape index (κ2) is 10.6. The average molecular weight is 483 g/mol. The molecule has 2 heterocycles. The van der Waals surface area contributed by atoms with Crippen molar-refractivity contribution in [2.75, 3.05) is 13.2 Å². The second-order valence-electron chi connectivity index (χ2n) is 7.51. The van der Waals surface area contributed by atoms with Crippen LogP contribution in [0.4, 0.5) is 0 Å². The first-order chi connectivity index (χ1) is 16.0. The summed E-state index contributed by atoms with van der Waals surface area (Å²) in [6.45, 7) is 2.96. The summed E-state index contributed by atoms with van der Waals surface area (Å²) >= 11 is 7.07. The van der Waals surface area contributed by atoms with E-state index in [2.05, 4.69) is 4.98 Å². The molecular weight excluding hydrogens is 460 g/mol. The minimum absolute atomic E-state index is 0.163. The molecule has 0 amide bonds. The minimum Gasteiger partial charge on any atom is -0.494 e. The molecule has 0 saturated heterocycles. The van der Waals surface area contributed by atoms with Crippen LogP contribution < -0.4 is 10.3 Å². The Hall–Kier alpha value is -3.16. The predicted octanol–water partition coefficient (Wildman–Crippen LogP) is 5.29. The Labute approximate surface area is 200 Å². The van der Waals surface area contributed by atoms with E-state index in [1.165, 1.54) is 17.7 Å². The van der Waals surface area contributed by atoms with Gasteiger partial charge < -0.3 is 9.47 Å². The molecular formula is C25H23ClN2O4S. The number of aryl methyl sites for hydroxylation is 2. The fourth-order valence-corrected chi connectivity index (χ4v) is 4.60. The highest BCUT2D eigenvalue weighted by molar-refractivity contribution is 7.20. The molecule has 2 aromatic carbocycles. The zero-order chi connectivity index (χ0) is 23.2. The van der Waals surface area contributed by atoms with Crippen LogP contribution in [-0.2, 0) is 17.7 Å². The molecule has 0 radical (unpaired) electrons. The van der Waals surface area contributed by atoms with Gasteiger partial charge in [0.05, 0.1) is 24.9 Å². The van der Waals surface area contributed by atoms with Crippen molar-refractivity contribution in [1.29, 1.82) is 0 Å². The lowest BCUT2D eigenvalue weighted by Crippen LogP contribution is -2.21. The van der Waals surface area contributed by atoms with Crippen LogP contribution in [-0.4, -0.2) is 28.7 Å². The monoisotopic (exact) mass is 482 g/mol. The molecule has 8 heteroatoms. The van der Waals surface area contributed by atoms with Gasteiger partial charge in [-0.15, -0.1) is 11.3 Å². The smallest absolute Gasteiger partial charge is 0.348 e. The Kier molecular flexibility index (Phi) is 7.42. The molecule has 6 nitrogen and oxygen atoms in total. The molecule has 4 aromatic rings. The third-order valence-electron chi connectivity index (χ3n) is 5.20. The first kappa shape index (κ1) is 23.0. The SMILES string of the molecule is Cc1c(C(=O)OCCc2ccccc2)sc2ncn(CCCOc3ccc(Cl)cc3)c(=O)c12. The normalized spacial score (nSPS) is 11.0. The van der Waals surface area contributed by atoms with Crippen LogP contribution in [0.2, 0.25) is 5.02 Å². The van der Waals surface area contributed by atoms with Crippen molar-refractivity contribution in [2.45, 2.75) is 26.3 Å². The quantitative estimate of drug-likeness (QED) is 0.239. The highest BCUT2D eigenvalue weighted by Crippen LogP contribution is 2.27. The van der Waals surface area contributed by atoms with Crippen LogP contribution in [0.15, 0.2) is 65.7 Å². The van der Waals surface area contributed by atoms with E-state index in [-0.39, 0.29) is 12.2 Å². The third-order valence-corrected chi connectivity index (χ3v) is 6.63. The van der Waals surface area contributed by atoms with Gasteiger partial charge in [-0.25, -0.2) is 9.78 Å². The molecule has 2 aromatic heterocycles. The summed E-state index contributed by atoms with van der Waals surface area (Å²) in [5.41, 5.74) is 1.55. The zero-order valence-electron chi connectivity index (χ0n) is 18.1. The summed E-state index contributed by atoms with van der Waals surface area (Å²) in [4.78, 5) is 31.0. The molecule has 33 heavy (non-hydrogen) atoms. The molecule has 170 valence electrons. The topological polar surface area (TPSA) is 70.4 Å². The Balaban J connectivity index is 1.38. The van der Waals surface area contributed by atoms with Gasteiger partial charge in [0, 0.05) is 18.0 Å². The second-order valence-corrected chi connectivity index (χ2v) is 8.94. The molecule has 0 bridgehead atoms. The van der Waals surface area contributed by atoms with Crippen LogP contribution in [0, 0.1) is 6.92 Å². The first-order valence-corrected chi connectivity index (χ1v) is 11.8. The van der Waals surface area contributed by atoms with Crippen LogP contribution in [0.5, 0.6) is 5.75 Å². The summed E-state index contributed by atoms with van der Waals surface area (Å²) in [6.07, 6.45) is 2.79. The first-order valence-electron chi connectivity index (χ1n) is 10.6. The van der Waals surface area contributed by atoms with Crippen molar-refractivity contribution < 1.29 is 14.3 Å². The van der Waals surface area contributed by atoms with Crippen molar-refractivity contribution in [3.63, 3.8) is 0 Å². The Morgan fingerprint density at radius 3 is 2.61 bits per heavy atom. The standard InChI is InChI=1S/C25H23ClN2O4S/c1-17-21-23(33-22(17)25(30)32-15-12-18-6-3-2-4-7-18)27-16-28(24(21)29)13-5-14-31-20-10-8-19(26)9-11-20/h2-4,6-11,16H,5,12-15H2,1H3. The summed E-state index contributed by atoms with van der Waals surface area (Å²) in [6, 6.07) is 17.0. The highest BCUT2D eigenvalue weighted by Gasteiger charge is 2.20. The van der Waals surface area contributed by atoms with Crippen molar-refractivity contribution in [3.8, 4) is 5.75 Å². The molecule has 0 unspecified atom stereocenters. The number of rotatable bonds is 9. The van der Waals surface area contributed by atoms with E-state index >= 15 is 0 Å². The molecule has 0 aliphatic rings. The summed E-state index contributed by atoms with van der Waals surface area (Å²) in [7, 11) is 0. The maximum Gasteiger partial charge on any atom is 0.348 e. The Bertz CT molecular complexity index is 1300. The number of hydrogen-bond donors (Lipinski definition) is 0. The van der Waals surface area contributed by atoms with Crippen LogP contribution in [0.1, 0.15) is 27.2 Å². The number of nitrogens with zero attached hydrogens (tertiary/aromatic N) is 2. The van der Waals surface area contributed by atoms with Gasteiger partial charge in [0.1, 0.15) is 15.5 Å². The van der Waals surface area contributed by atoms with Crippen LogP contribution in [0.3, 0.4) is 0 Å². The predicted molar refractivity (Wildman–Crippen MR) is 131 cm³/mol. The van der Waals surface area contributed by atoms with E-state index in [0.717, 1.165) is 11.3 Å². The van der Waals surface area contributed by atoms with E-state index < -0.39 is 5.97 Å². The lowest BCUT2D eigenvalue weighted by atomic mass is 10.2. The zero-order valence-corrected chi connectivity index (χ0v) is 19.7. The largest absolute Gasteiger partial charge is 0.494 e. The van der Waals surface area contributed by atoms with Gasteiger partial charge >= 0.3 is 5.97 Å². The number of esters is 1. The number of carbonyl (C=O) groups is 1. The number of thiophene rings is 1. The molecule has 0 N–H and O–H groups in total. The maximum atomic E-state index is 13.0. The number of hydrogen-bond acceptors (Lipinski definition) is 6. The van der Waals surface area contributed by atoms with Crippen molar-refractivity contribution in [2.24, 2.45) is 0 Å². The lowest BCUT2D eigenvalue weighted by Gasteiger charge is -2.08. The number of halogens is 1. The maximum absolute atomic E-state index is 13.0. The Morgan fingerprint density at radius 1 is 1.09 bits per heavy atom. The van der Waals surface area contributed by atoms with Gasteiger partial charge in [-0.1, -0.05) is 41.9 Å². The van der Waals surface area contributed by atoms with E-state index in [9.17, 15) is 9.59 Å². The average Bonchev–Trinajstić information content (AvgIpc) is 3.17. The lowest BCUT2D eigenvalue weighted by molar-refractivity contribution is 0.0514. The van der Waals surface area contributed by atoms with E-state index in [0.29, 0.717) is 51.7 Å². The van der Waals surface area contributed by atoms with E-state index in [1.807, 2.05) is 30.3 Å². The van der Waals surface area contributed by atoms with E-state index in [1.54, 1.807) is 35.8 Å². The fraction of sp³-hybridized carbons (Fsp3) is 0.240. The molecule has 0 saturated carbocycles. The highest BCUT2D eigenvalue weighted by atomic mass is 35.5. The van der Waals surface area contributed by atoms with Crippen molar-refractivity contribution >= 4 is 39.1 Å². The van der Waals surface area contributed by atoms with Crippen LogP contribution >= 0.6 is 22.9 Å². The molecule has 0 fully saturated rings. The van der Waals surface area contributed by atoms with Crippen molar-refractivity contribution in [1.82, 2.24) is 9.55 Å². The third kappa shape index (κ3) is 5.61. The molecule has 0 aliphatic carbocycles. The number of benzene rings is 2. The number of carbonyl (C=O) groups excluding carboxylic acids is 1. The summed E-state index contributed by atoms with van der Waals surface area (Å²) in [5.74, 6) is 0.304. The van der Waals surface area contributed by atoms with Crippen molar-refractivity contribution in [3.05, 3.63) is 92.3 Å². The van der Waals surface area contributed by atoms with Crippen LogP contribution in [0.25, 0.3) is 10.2 Å². The van der Waals surface area contributed by atoms with Gasteiger partial charge in [0.25, 0.3) is 5.56 Å². The van der Waals surface area contributed by atoms with Gasteiger partial charge in [0.2, 0.25) is 0 Å². The molecule has 0 spiro atoms. The summed E-state index contributed by atoms with van der Waals surface area (Å²) < 4.78 is 12.7. The number of ether oxygens (including phenoxy) is 2. The molecule has 0 aliphatic heterocycles. The number of fused-ring (bicyclic) bond motifs is 1. The Morgan fingerprint density at radius 2 is 1.85 bits per heavy atom. The molecule has 0 atom stereocenters. The van der Waals surface area contributed by atoms with Gasteiger partial charge in [-0.2, -0.15) is 0 Å². The molecule has 4 rings (SSSR count). The number of aromatic nitrogens is 2. The minimum atomic E-state index is -0.422. The summed E-state index contributed by atoms with van der Waals surface area (Å²) in [5, 5.41) is 1.12. The van der Waals surface area contributed by atoms with Gasteiger partial charge in [-0.3, -0.25) is 9.36 Å². The van der Waals surface area contributed by atoms with Gasteiger partial charge in [0.15, 0.2) is 0 Å².